The Balaban J connectivity index is 1.65. The number of para-hydroxylation sites is 1. The first-order chi connectivity index (χ1) is 14.6. The molecule has 3 aromatic rings. The monoisotopic (exact) mass is 399 g/mol. The predicted octanol–water partition coefficient (Wildman–Crippen LogP) is 4.93. The molecular formula is C25H21NO4. The van der Waals surface area contributed by atoms with Gasteiger partial charge in [0.15, 0.2) is 17.2 Å². The zero-order valence-electron chi connectivity index (χ0n) is 16.8. The van der Waals surface area contributed by atoms with Crippen LogP contribution in [-0.4, -0.2) is 19.0 Å². The molecule has 1 heterocycles. The molecule has 5 nitrogen and oxygen atoms in total. The third-order valence-corrected chi connectivity index (χ3v) is 4.63. The summed E-state index contributed by atoms with van der Waals surface area (Å²) in [5.74, 6) is 0.916. The molecule has 5 heteroatoms. The Morgan fingerprint density at radius 3 is 2.57 bits per heavy atom. The fraction of sp³-hybridized carbons (Fsp3) is 0.120. The first kappa shape index (κ1) is 19.5. The summed E-state index contributed by atoms with van der Waals surface area (Å²) in [6.07, 6.45) is 1.66. The van der Waals surface area contributed by atoms with Crippen molar-refractivity contribution in [1.82, 2.24) is 0 Å². The molecule has 0 saturated heterocycles. The van der Waals surface area contributed by atoms with Gasteiger partial charge in [0, 0.05) is 11.1 Å². The SMILES string of the molecule is COc1cccc(/C=C2\N=C(c3ccccc3)OC2=O)c1OCc1cccc(C)c1. The number of methoxy groups -OCH3 is 1. The lowest BCUT2D eigenvalue weighted by Gasteiger charge is -2.14. The minimum absolute atomic E-state index is 0.211. The van der Waals surface area contributed by atoms with E-state index in [1.807, 2.05) is 73.7 Å². The van der Waals surface area contributed by atoms with Crippen molar-refractivity contribution >= 4 is 17.9 Å². The predicted molar refractivity (Wildman–Crippen MR) is 116 cm³/mol. The van der Waals surface area contributed by atoms with E-state index in [1.165, 1.54) is 0 Å². The molecule has 0 fully saturated rings. The van der Waals surface area contributed by atoms with Crippen LogP contribution in [0.15, 0.2) is 83.5 Å². The molecule has 3 aromatic carbocycles. The van der Waals surface area contributed by atoms with Gasteiger partial charge >= 0.3 is 5.97 Å². The van der Waals surface area contributed by atoms with Gasteiger partial charge in [0.2, 0.25) is 5.90 Å². The number of hydrogen-bond donors (Lipinski definition) is 0. The van der Waals surface area contributed by atoms with E-state index >= 15 is 0 Å². The van der Waals surface area contributed by atoms with Crippen LogP contribution in [0.3, 0.4) is 0 Å². The van der Waals surface area contributed by atoms with Crippen LogP contribution in [0.25, 0.3) is 6.08 Å². The first-order valence-electron chi connectivity index (χ1n) is 9.57. The maximum atomic E-state index is 12.4. The summed E-state index contributed by atoms with van der Waals surface area (Å²) < 4.78 is 16.9. The Morgan fingerprint density at radius 1 is 1.00 bits per heavy atom. The smallest absolute Gasteiger partial charge is 0.363 e. The van der Waals surface area contributed by atoms with Crippen molar-refractivity contribution in [2.75, 3.05) is 7.11 Å². The number of esters is 1. The molecule has 0 N–H and O–H groups in total. The Bertz CT molecular complexity index is 1130. The number of ether oxygens (including phenoxy) is 3. The van der Waals surface area contributed by atoms with E-state index in [0.29, 0.717) is 23.7 Å². The number of nitrogens with zero attached hydrogens (tertiary/aromatic N) is 1. The molecule has 0 atom stereocenters. The Hall–Kier alpha value is -3.86. The van der Waals surface area contributed by atoms with Crippen LogP contribution in [0.2, 0.25) is 0 Å². The minimum Gasteiger partial charge on any atom is -0.493 e. The summed E-state index contributed by atoms with van der Waals surface area (Å²) in [7, 11) is 1.58. The lowest BCUT2D eigenvalue weighted by atomic mass is 10.1. The van der Waals surface area contributed by atoms with E-state index in [0.717, 1.165) is 16.7 Å². The summed E-state index contributed by atoms with van der Waals surface area (Å²) in [6.45, 7) is 2.41. The molecular weight excluding hydrogens is 378 g/mol. The largest absolute Gasteiger partial charge is 0.493 e. The number of carbonyl (C=O) groups is 1. The molecule has 4 rings (SSSR count). The summed E-state index contributed by atoms with van der Waals surface area (Å²) in [6, 6.07) is 22.9. The maximum Gasteiger partial charge on any atom is 0.363 e. The van der Waals surface area contributed by atoms with Crippen molar-refractivity contribution in [2.45, 2.75) is 13.5 Å². The fourth-order valence-electron chi connectivity index (χ4n) is 3.18. The number of aliphatic imine (C=N–C) groups is 1. The topological polar surface area (TPSA) is 57.1 Å². The molecule has 0 spiro atoms. The van der Waals surface area contributed by atoms with Crippen LogP contribution in [0.1, 0.15) is 22.3 Å². The lowest BCUT2D eigenvalue weighted by Crippen LogP contribution is -2.05. The minimum atomic E-state index is -0.499. The van der Waals surface area contributed by atoms with Crippen molar-refractivity contribution in [3.05, 3.63) is 101 Å². The van der Waals surface area contributed by atoms with Crippen molar-refractivity contribution in [3.63, 3.8) is 0 Å². The van der Waals surface area contributed by atoms with Crippen molar-refractivity contribution in [3.8, 4) is 11.5 Å². The molecule has 1 aliphatic heterocycles. The van der Waals surface area contributed by atoms with Gasteiger partial charge in [-0.05, 0) is 36.8 Å². The summed E-state index contributed by atoms with van der Waals surface area (Å²) in [5.41, 5.74) is 3.85. The fourth-order valence-corrected chi connectivity index (χ4v) is 3.18. The number of benzene rings is 3. The number of rotatable bonds is 6. The molecule has 0 radical (unpaired) electrons. The van der Waals surface area contributed by atoms with Gasteiger partial charge in [0.1, 0.15) is 6.61 Å². The molecule has 0 aromatic heterocycles. The highest BCUT2D eigenvalue weighted by Crippen LogP contribution is 2.34. The average Bonchev–Trinajstić information content (AvgIpc) is 3.13. The van der Waals surface area contributed by atoms with Crippen LogP contribution >= 0.6 is 0 Å². The van der Waals surface area contributed by atoms with Crippen LogP contribution in [0.5, 0.6) is 11.5 Å². The summed E-state index contributed by atoms with van der Waals surface area (Å²) >= 11 is 0. The highest BCUT2D eigenvalue weighted by molar-refractivity contribution is 6.12. The second-order valence-corrected chi connectivity index (χ2v) is 6.86. The second-order valence-electron chi connectivity index (χ2n) is 6.86. The maximum absolute atomic E-state index is 12.4. The lowest BCUT2D eigenvalue weighted by molar-refractivity contribution is -0.129. The highest BCUT2D eigenvalue weighted by Gasteiger charge is 2.24. The van der Waals surface area contributed by atoms with Gasteiger partial charge in [0.25, 0.3) is 0 Å². The summed E-state index contributed by atoms with van der Waals surface area (Å²) in [5, 5.41) is 0. The van der Waals surface area contributed by atoms with E-state index in [4.69, 9.17) is 14.2 Å². The molecule has 0 saturated carbocycles. The average molecular weight is 399 g/mol. The molecule has 150 valence electrons. The van der Waals surface area contributed by atoms with Gasteiger partial charge < -0.3 is 14.2 Å². The van der Waals surface area contributed by atoms with Gasteiger partial charge in [-0.1, -0.05) is 60.2 Å². The Labute approximate surface area is 175 Å². The molecule has 30 heavy (non-hydrogen) atoms. The second kappa shape index (κ2) is 8.66. The van der Waals surface area contributed by atoms with Gasteiger partial charge in [-0.25, -0.2) is 9.79 Å². The van der Waals surface area contributed by atoms with E-state index in [1.54, 1.807) is 13.2 Å². The van der Waals surface area contributed by atoms with E-state index in [2.05, 4.69) is 11.1 Å². The quantitative estimate of drug-likeness (QED) is 0.436. The van der Waals surface area contributed by atoms with Crippen LogP contribution < -0.4 is 9.47 Å². The third kappa shape index (κ3) is 4.25. The molecule has 0 aliphatic carbocycles. The van der Waals surface area contributed by atoms with Crippen LogP contribution in [0.4, 0.5) is 0 Å². The van der Waals surface area contributed by atoms with E-state index in [9.17, 15) is 4.79 Å². The Kier molecular flexibility index (Phi) is 5.61. The van der Waals surface area contributed by atoms with Gasteiger partial charge in [-0.15, -0.1) is 0 Å². The number of aryl methyl sites for hydroxylation is 1. The van der Waals surface area contributed by atoms with Gasteiger partial charge in [-0.3, -0.25) is 0 Å². The number of cyclic esters (lactones) is 1. The normalized spacial score (nSPS) is 14.4. The standard InChI is InChI=1S/C25H21NO4/c1-17-8-6-9-18(14-17)16-29-23-20(12-7-13-22(23)28-2)15-21-25(27)30-24(26-21)19-10-4-3-5-11-19/h3-15H,16H2,1-2H3/b21-15-. The number of hydrogen-bond acceptors (Lipinski definition) is 5. The molecule has 0 bridgehead atoms. The zero-order valence-corrected chi connectivity index (χ0v) is 16.8. The molecule has 0 amide bonds. The molecule has 0 unspecified atom stereocenters. The number of carbonyl (C=O) groups excluding carboxylic acids is 1. The summed E-state index contributed by atoms with van der Waals surface area (Å²) in [4.78, 5) is 16.7. The van der Waals surface area contributed by atoms with Crippen LogP contribution in [-0.2, 0) is 16.1 Å². The first-order valence-corrected chi connectivity index (χ1v) is 9.57. The Morgan fingerprint density at radius 2 is 1.80 bits per heavy atom. The van der Waals surface area contributed by atoms with E-state index in [-0.39, 0.29) is 11.6 Å². The van der Waals surface area contributed by atoms with Crippen LogP contribution in [0, 0.1) is 6.92 Å². The van der Waals surface area contributed by atoms with Gasteiger partial charge in [-0.2, -0.15) is 0 Å². The molecule has 1 aliphatic rings. The van der Waals surface area contributed by atoms with E-state index < -0.39 is 5.97 Å². The van der Waals surface area contributed by atoms with Crippen molar-refractivity contribution < 1.29 is 19.0 Å². The highest BCUT2D eigenvalue weighted by atomic mass is 16.6. The third-order valence-electron chi connectivity index (χ3n) is 4.63. The zero-order chi connectivity index (χ0) is 20.9. The van der Waals surface area contributed by atoms with Gasteiger partial charge in [0.05, 0.1) is 7.11 Å². The van der Waals surface area contributed by atoms with Crippen molar-refractivity contribution in [2.24, 2.45) is 4.99 Å². The van der Waals surface area contributed by atoms with Crippen molar-refractivity contribution in [1.29, 1.82) is 0 Å².